The number of unbranched alkanes of at least 4 members (excludes halogenated alkanes) is 22. The number of hydrogen-bond acceptors (Lipinski definition) is 8. The largest absolute Gasteiger partial charge is 0.462 e. The normalized spacial score (nSPS) is 14.4. The van der Waals surface area contributed by atoms with Gasteiger partial charge in [-0.2, -0.15) is 0 Å². The molecule has 0 aliphatic carbocycles. The summed E-state index contributed by atoms with van der Waals surface area (Å²) in [5.74, 6) is -1.75. The molecule has 0 fully saturated rings. The zero-order valence-electron chi connectivity index (χ0n) is 37.4. The lowest BCUT2D eigenvalue weighted by atomic mass is 10.1. The number of esters is 2. The van der Waals surface area contributed by atoms with Gasteiger partial charge in [-0.15, -0.1) is 0 Å². The third-order valence-electron chi connectivity index (χ3n) is 10.9. The van der Waals surface area contributed by atoms with Crippen LogP contribution in [0.25, 0.3) is 0 Å². The second-order valence-corrected chi connectivity index (χ2v) is 18.9. The molecule has 0 spiro atoms. The maximum Gasteiger partial charge on any atom is 0.384 e. The van der Waals surface area contributed by atoms with Crippen molar-refractivity contribution in [3.63, 3.8) is 0 Å². The Bertz CT molecular complexity index is 1060. The van der Waals surface area contributed by atoms with E-state index in [2.05, 4.69) is 38.2 Å². The Morgan fingerprint density at radius 2 is 0.982 bits per heavy atom. The van der Waals surface area contributed by atoms with Crippen LogP contribution in [0.5, 0.6) is 0 Å². The molecule has 10 nitrogen and oxygen atoms in total. The quantitative estimate of drug-likeness (QED) is 0.0137. The minimum atomic E-state index is -4.24. The molecule has 0 aliphatic heterocycles. The van der Waals surface area contributed by atoms with E-state index in [4.69, 9.17) is 14.0 Å². The maximum absolute atomic E-state index is 13.3. The van der Waals surface area contributed by atoms with Crippen molar-refractivity contribution >= 4 is 19.5 Å². The van der Waals surface area contributed by atoms with Gasteiger partial charge in [0.1, 0.15) is 6.61 Å². The van der Waals surface area contributed by atoms with E-state index in [1.807, 2.05) is 0 Å². The van der Waals surface area contributed by atoms with E-state index in [1.54, 1.807) is 21.0 Å². The topological polar surface area (TPSA) is 140 Å². The van der Waals surface area contributed by atoms with Crippen molar-refractivity contribution in [2.24, 2.45) is 0 Å². The predicted octanol–water partition coefficient (Wildman–Crippen LogP) is 11.8. The summed E-state index contributed by atoms with van der Waals surface area (Å²) in [7, 11) is -0.822. The van der Waals surface area contributed by atoms with E-state index in [1.165, 1.54) is 89.9 Å². The van der Waals surface area contributed by atoms with Crippen LogP contribution in [0, 0.1) is 0 Å². The fourth-order valence-corrected chi connectivity index (χ4v) is 8.13. The first kappa shape index (κ1) is 55.5. The molecule has 57 heavy (non-hydrogen) atoms. The molecule has 0 aliphatic rings. The number of rotatable bonds is 41. The van der Waals surface area contributed by atoms with Crippen molar-refractivity contribution in [3.8, 4) is 0 Å². The zero-order chi connectivity index (χ0) is 42.5. The summed E-state index contributed by atoms with van der Waals surface area (Å²) >= 11 is 0. The number of aliphatic hydroxyl groups excluding tert-OH is 1. The molecule has 336 valence electrons. The van der Waals surface area contributed by atoms with Gasteiger partial charge in [0.15, 0.2) is 18.2 Å². The molecule has 3 atom stereocenters. The highest BCUT2D eigenvalue weighted by molar-refractivity contribution is 7.53. The molecule has 11 heteroatoms. The van der Waals surface area contributed by atoms with Crippen LogP contribution in [-0.2, 0) is 28.2 Å². The number of quaternary nitrogens is 1. The van der Waals surface area contributed by atoms with Gasteiger partial charge in [-0.25, -0.2) is 0 Å². The van der Waals surface area contributed by atoms with Gasteiger partial charge in [0.05, 0.1) is 27.2 Å². The van der Waals surface area contributed by atoms with E-state index >= 15 is 0 Å². The zero-order valence-corrected chi connectivity index (χ0v) is 38.2. The van der Waals surface area contributed by atoms with Gasteiger partial charge in [-0.05, 0) is 71.1 Å². The molecular formula is C46H89NO9P+. The molecule has 0 radical (unpaired) electrons. The molecule has 0 aromatic rings. The molecule has 0 aromatic carbocycles. The first-order valence-electron chi connectivity index (χ1n) is 23.2. The smallest absolute Gasteiger partial charge is 0.384 e. The fraction of sp³-hybridized carbons (Fsp3) is 0.870. The highest BCUT2D eigenvalue weighted by Gasteiger charge is 2.42. The second kappa shape index (κ2) is 37.4. The van der Waals surface area contributed by atoms with E-state index in [0.29, 0.717) is 12.8 Å². The second-order valence-electron chi connectivity index (χ2n) is 16.7. The van der Waals surface area contributed by atoms with Gasteiger partial charge in [-0.1, -0.05) is 141 Å². The molecule has 0 rings (SSSR count). The van der Waals surface area contributed by atoms with Gasteiger partial charge in [0.2, 0.25) is 0 Å². The van der Waals surface area contributed by atoms with Gasteiger partial charge < -0.3 is 33.6 Å². The summed E-state index contributed by atoms with van der Waals surface area (Å²) in [4.78, 5) is 36.2. The minimum Gasteiger partial charge on any atom is -0.462 e. The average Bonchev–Trinajstić information content (AvgIpc) is 3.17. The minimum absolute atomic E-state index is 0.0102. The molecule has 3 N–H and O–H groups in total. The number of carbonyl (C=O) groups is 2. The van der Waals surface area contributed by atoms with Crippen LogP contribution >= 0.6 is 7.60 Å². The molecule has 0 heterocycles. The van der Waals surface area contributed by atoms with E-state index in [0.717, 1.165) is 64.2 Å². The van der Waals surface area contributed by atoms with Crippen LogP contribution in [0.4, 0.5) is 0 Å². The summed E-state index contributed by atoms with van der Waals surface area (Å²) in [5.41, 5.74) is 0. The Kier molecular flexibility index (Phi) is 36.4. The number of ether oxygens (including phenoxy) is 2. The van der Waals surface area contributed by atoms with Crippen molar-refractivity contribution < 1.29 is 47.7 Å². The van der Waals surface area contributed by atoms with Crippen LogP contribution in [0.2, 0.25) is 0 Å². The lowest BCUT2D eigenvalue weighted by molar-refractivity contribution is -0.901. The Morgan fingerprint density at radius 1 is 0.596 bits per heavy atom. The number of hydrogen-bond donors (Lipinski definition) is 3. The van der Waals surface area contributed by atoms with Crippen LogP contribution in [0.1, 0.15) is 207 Å². The number of allylic oxidation sites excluding steroid dienone is 4. The van der Waals surface area contributed by atoms with Crippen LogP contribution in [0.15, 0.2) is 24.3 Å². The number of nitrogens with zero attached hydrogens (tertiary/aromatic N) is 1. The first-order valence-corrected chi connectivity index (χ1v) is 24.8. The summed E-state index contributed by atoms with van der Waals surface area (Å²) in [6, 6.07) is 0. The molecular weight excluding hydrogens is 741 g/mol. The van der Waals surface area contributed by atoms with Gasteiger partial charge in [0, 0.05) is 19.3 Å². The Morgan fingerprint density at radius 3 is 1.40 bits per heavy atom. The molecule has 0 aromatic heterocycles. The molecule has 0 saturated heterocycles. The van der Waals surface area contributed by atoms with Gasteiger partial charge in [-0.3, -0.25) is 14.2 Å². The Hall–Kier alpha value is -1.55. The highest BCUT2D eigenvalue weighted by atomic mass is 31.2. The molecule has 0 saturated carbocycles. The molecule has 0 bridgehead atoms. The van der Waals surface area contributed by atoms with Gasteiger partial charge in [0.25, 0.3) is 0 Å². The third kappa shape index (κ3) is 35.0. The van der Waals surface area contributed by atoms with E-state index in [-0.39, 0.29) is 36.9 Å². The van der Waals surface area contributed by atoms with E-state index in [9.17, 15) is 29.3 Å². The van der Waals surface area contributed by atoms with E-state index < -0.39 is 44.3 Å². The Balaban J connectivity index is 4.65. The maximum atomic E-state index is 13.3. The molecule has 2 unspecified atom stereocenters. The molecule has 0 amide bonds. The summed E-state index contributed by atoms with van der Waals surface area (Å²) in [6.45, 7) is 5.62. The van der Waals surface area contributed by atoms with Crippen molar-refractivity contribution in [1.29, 1.82) is 0 Å². The highest BCUT2D eigenvalue weighted by Crippen LogP contribution is 2.50. The number of aliphatic hydroxyl groups is 2. The van der Waals surface area contributed by atoms with Gasteiger partial charge >= 0.3 is 19.5 Å². The third-order valence-corrected chi connectivity index (χ3v) is 13.0. The standard InChI is InChI=1S/C46H88NO9P/c1-6-8-10-12-14-16-18-20-22-24-26-28-30-32-34-36-45(50)54-40-43(41-55-57(52,53)42(3)47(4,5)39-38-44(48)49)56-46(51)37-35-33-31-29-27-25-23-21-19-17-15-13-11-9-7-2/h20-23,42-44,48-49H,6-19,24-41H2,1-5H3/p+1/b22-20-,23-21-/t42?,43-/m1/s1. The van der Waals surface area contributed by atoms with Crippen molar-refractivity contribution in [3.05, 3.63) is 24.3 Å². The predicted molar refractivity (Wildman–Crippen MR) is 235 cm³/mol. The lowest BCUT2D eigenvalue weighted by Crippen LogP contribution is -2.49. The summed E-state index contributed by atoms with van der Waals surface area (Å²) in [5, 5.41) is 18.6. The SMILES string of the molecule is CCCCCCCC/C=C\CCCCCCCC(=O)OC[C@H](COP(=O)(O)C(C)[N+](C)(C)CCC(O)O)OC(=O)CCCCCCC/C=C\CCCCCCCC. The Labute approximate surface area is 349 Å². The van der Waals surface area contributed by atoms with Crippen molar-refractivity contribution in [2.75, 3.05) is 33.9 Å². The monoisotopic (exact) mass is 831 g/mol. The van der Waals surface area contributed by atoms with Crippen molar-refractivity contribution in [1.82, 2.24) is 0 Å². The average molecular weight is 831 g/mol. The van der Waals surface area contributed by atoms with Crippen LogP contribution in [0.3, 0.4) is 0 Å². The van der Waals surface area contributed by atoms with Crippen LogP contribution < -0.4 is 0 Å². The lowest BCUT2D eigenvalue weighted by Gasteiger charge is -2.37. The first-order chi connectivity index (χ1) is 27.4. The fourth-order valence-electron chi connectivity index (χ4n) is 6.63. The number of carbonyl (C=O) groups excluding carboxylic acids is 2. The summed E-state index contributed by atoms with van der Waals surface area (Å²) in [6.07, 6.45) is 37.4. The van der Waals surface area contributed by atoms with Crippen molar-refractivity contribution in [2.45, 2.75) is 225 Å². The van der Waals surface area contributed by atoms with Crippen LogP contribution in [-0.4, -0.2) is 83.6 Å². The summed E-state index contributed by atoms with van der Waals surface area (Å²) < 4.78 is 29.9.